The van der Waals surface area contributed by atoms with Gasteiger partial charge < -0.3 is 15.0 Å². The fraction of sp³-hybridized carbons (Fsp3) is 0.381. The Bertz CT molecular complexity index is 843. The third-order valence-electron chi connectivity index (χ3n) is 5.08. The number of carbonyl (C=O) groups excluding carboxylic acids is 2. The van der Waals surface area contributed by atoms with Gasteiger partial charge in [0.05, 0.1) is 18.8 Å². The summed E-state index contributed by atoms with van der Waals surface area (Å²) in [5.74, 6) is 0.854. The minimum Gasteiger partial charge on any atom is -0.490 e. The highest BCUT2D eigenvalue weighted by molar-refractivity contribution is 5.96. The number of amides is 2. The Kier molecular flexibility index (Phi) is 5.53. The lowest BCUT2D eigenvalue weighted by atomic mass is 10.2. The maximum atomic E-state index is 13.1. The van der Waals surface area contributed by atoms with Crippen LogP contribution in [0.1, 0.15) is 18.4 Å². The second-order valence-corrected chi connectivity index (χ2v) is 7.20. The topological polar surface area (TPSA) is 74.8 Å². The maximum absolute atomic E-state index is 13.1. The molecule has 1 fully saturated rings. The zero-order chi connectivity index (χ0) is 19.3. The molecule has 2 aliphatic rings. The van der Waals surface area contributed by atoms with Gasteiger partial charge in [-0.15, -0.1) is 0 Å². The predicted molar refractivity (Wildman–Crippen MR) is 105 cm³/mol. The average Bonchev–Trinajstić information content (AvgIpc) is 3.12. The van der Waals surface area contributed by atoms with Gasteiger partial charge in [0, 0.05) is 37.9 Å². The number of pyridine rings is 1. The van der Waals surface area contributed by atoms with Gasteiger partial charge in [-0.25, -0.2) is 0 Å². The van der Waals surface area contributed by atoms with E-state index in [1.54, 1.807) is 11.1 Å². The normalized spacial score (nSPS) is 18.5. The highest BCUT2D eigenvalue weighted by Crippen LogP contribution is 2.31. The summed E-state index contributed by atoms with van der Waals surface area (Å²) >= 11 is 0. The molecule has 0 unspecified atom stereocenters. The molecule has 3 heterocycles. The van der Waals surface area contributed by atoms with E-state index in [0.29, 0.717) is 32.7 Å². The molecule has 7 heteroatoms. The van der Waals surface area contributed by atoms with Gasteiger partial charge in [-0.05, 0) is 30.2 Å². The van der Waals surface area contributed by atoms with Crippen molar-refractivity contribution in [2.45, 2.75) is 25.4 Å². The number of hydrogen-bond acceptors (Lipinski definition) is 5. The van der Waals surface area contributed by atoms with Crippen molar-refractivity contribution < 1.29 is 14.3 Å². The minimum absolute atomic E-state index is 0.0314. The predicted octanol–water partition coefficient (Wildman–Crippen LogP) is 1.59. The molecule has 1 saturated heterocycles. The summed E-state index contributed by atoms with van der Waals surface area (Å²) in [6.45, 7) is 2.55. The summed E-state index contributed by atoms with van der Waals surface area (Å²) in [6.07, 6.45) is 4.91. The van der Waals surface area contributed by atoms with Gasteiger partial charge in [-0.2, -0.15) is 0 Å². The van der Waals surface area contributed by atoms with Crippen LogP contribution in [-0.4, -0.2) is 54.0 Å². The largest absolute Gasteiger partial charge is 0.490 e. The fourth-order valence-electron chi connectivity index (χ4n) is 3.77. The van der Waals surface area contributed by atoms with E-state index in [-0.39, 0.29) is 24.4 Å². The van der Waals surface area contributed by atoms with E-state index in [1.165, 1.54) is 0 Å². The standard InChI is InChI=1S/C21H24N4O3/c26-20-8-7-17(23-20)14-24(13-16-4-3-9-22-12-16)15-21(27)25-10-11-28-19-6-2-1-5-18(19)25/h1-6,9,12,17H,7-8,10-11,13-15H2,(H,23,26)/t17-/m0/s1. The van der Waals surface area contributed by atoms with Crippen LogP contribution in [0.15, 0.2) is 48.8 Å². The van der Waals surface area contributed by atoms with Crippen LogP contribution in [0.2, 0.25) is 0 Å². The SMILES string of the molecule is O=C1CC[C@@H](CN(CC(=O)N2CCOc3ccccc32)Cc2cccnc2)N1. The first kappa shape index (κ1) is 18.4. The third-order valence-corrected chi connectivity index (χ3v) is 5.08. The van der Waals surface area contributed by atoms with Crippen molar-refractivity contribution in [3.05, 3.63) is 54.4 Å². The second kappa shape index (κ2) is 8.39. The number of hydrogen-bond donors (Lipinski definition) is 1. The van der Waals surface area contributed by atoms with Crippen molar-refractivity contribution in [1.29, 1.82) is 0 Å². The highest BCUT2D eigenvalue weighted by atomic mass is 16.5. The van der Waals surface area contributed by atoms with Crippen LogP contribution in [-0.2, 0) is 16.1 Å². The van der Waals surface area contributed by atoms with Gasteiger partial charge in [-0.3, -0.25) is 19.5 Å². The Morgan fingerprint density at radius 3 is 2.96 bits per heavy atom. The molecule has 0 radical (unpaired) electrons. The average molecular weight is 380 g/mol. The molecule has 4 rings (SSSR count). The molecule has 1 aromatic heterocycles. The first-order valence-corrected chi connectivity index (χ1v) is 9.62. The van der Waals surface area contributed by atoms with Crippen LogP contribution in [0.25, 0.3) is 0 Å². The summed E-state index contributed by atoms with van der Waals surface area (Å²) in [4.78, 5) is 32.8. The van der Waals surface area contributed by atoms with Crippen LogP contribution >= 0.6 is 0 Å². The number of benzene rings is 1. The third kappa shape index (κ3) is 4.31. The minimum atomic E-state index is 0.0314. The van der Waals surface area contributed by atoms with Gasteiger partial charge in [0.2, 0.25) is 11.8 Å². The van der Waals surface area contributed by atoms with Gasteiger partial charge in [-0.1, -0.05) is 18.2 Å². The van der Waals surface area contributed by atoms with E-state index in [0.717, 1.165) is 23.4 Å². The smallest absolute Gasteiger partial charge is 0.241 e. The number of anilines is 1. The summed E-state index contributed by atoms with van der Waals surface area (Å²) in [5.41, 5.74) is 1.86. The zero-order valence-corrected chi connectivity index (χ0v) is 15.7. The molecule has 1 aromatic carbocycles. The lowest BCUT2D eigenvalue weighted by Crippen LogP contribution is -2.46. The van der Waals surface area contributed by atoms with Gasteiger partial charge in [0.1, 0.15) is 12.4 Å². The Balaban J connectivity index is 1.48. The number of ether oxygens (including phenoxy) is 1. The van der Waals surface area contributed by atoms with Crippen molar-refractivity contribution in [2.75, 3.05) is 31.1 Å². The van der Waals surface area contributed by atoms with Crippen LogP contribution in [0.5, 0.6) is 5.75 Å². The van der Waals surface area contributed by atoms with E-state index in [9.17, 15) is 9.59 Å². The van der Waals surface area contributed by atoms with Crippen LogP contribution in [0.3, 0.4) is 0 Å². The molecule has 7 nitrogen and oxygen atoms in total. The summed E-state index contributed by atoms with van der Waals surface area (Å²) in [5, 5.41) is 3.00. The number of aromatic nitrogens is 1. The highest BCUT2D eigenvalue weighted by Gasteiger charge is 2.28. The van der Waals surface area contributed by atoms with E-state index >= 15 is 0 Å². The number of fused-ring (bicyclic) bond motifs is 1. The number of para-hydroxylation sites is 2. The maximum Gasteiger partial charge on any atom is 0.241 e. The molecule has 0 saturated carbocycles. The van der Waals surface area contributed by atoms with Crippen molar-refractivity contribution in [3.63, 3.8) is 0 Å². The number of rotatable bonds is 6. The fourth-order valence-corrected chi connectivity index (χ4v) is 3.77. The molecular weight excluding hydrogens is 356 g/mol. The monoisotopic (exact) mass is 380 g/mol. The zero-order valence-electron chi connectivity index (χ0n) is 15.7. The molecular formula is C21H24N4O3. The molecule has 1 N–H and O–H groups in total. The lowest BCUT2D eigenvalue weighted by molar-refractivity contribution is -0.120. The number of nitrogens with zero attached hydrogens (tertiary/aromatic N) is 3. The second-order valence-electron chi connectivity index (χ2n) is 7.20. The lowest BCUT2D eigenvalue weighted by Gasteiger charge is -2.32. The number of nitrogens with one attached hydrogen (secondary N) is 1. The van der Waals surface area contributed by atoms with E-state index in [1.807, 2.05) is 42.6 Å². The molecule has 0 aliphatic carbocycles. The molecule has 0 spiro atoms. The Hall–Kier alpha value is -2.93. The molecule has 2 aromatic rings. The van der Waals surface area contributed by atoms with E-state index in [4.69, 9.17) is 4.74 Å². The molecule has 28 heavy (non-hydrogen) atoms. The molecule has 2 aliphatic heterocycles. The summed E-state index contributed by atoms with van der Waals surface area (Å²) < 4.78 is 5.66. The van der Waals surface area contributed by atoms with E-state index in [2.05, 4.69) is 15.2 Å². The Labute approximate surface area is 164 Å². The molecule has 1 atom stereocenters. The van der Waals surface area contributed by atoms with Crippen molar-refractivity contribution in [3.8, 4) is 5.75 Å². The van der Waals surface area contributed by atoms with Crippen molar-refractivity contribution >= 4 is 17.5 Å². The first-order chi connectivity index (χ1) is 13.7. The van der Waals surface area contributed by atoms with Gasteiger partial charge in [0.15, 0.2) is 0 Å². The number of carbonyl (C=O) groups is 2. The Morgan fingerprint density at radius 1 is 1.29 bits per heavy atom. The van der Waals surface area contributed by atoms with E-state index < -0.39 is 0 Å². The molecule has 146 valence electrons. The summed E-state index contributed by atoms with van der Waals surface area (Å²) in [7, 11) is 0. The molecule has 0 bridgehead atoms. The summed E-state index contributed by atoms with van der Waals surface area (Å²) in [6, 6.07) is 11.6. The van der Waals surface area contributed by atoms with Crippen molar-refractivity contribution in [1.82, 2.24) is 15.2 Å². The first-order valence-electron chi connectivity index (χ1n) is 9.62. The van der Waals surface area contributed by atoms with Crippen LogP contribution in [0.4, 0.5) is 5.69 Å². The van der Waals surface area contributed by atoms with Crippen LogP contribution < -0.4 is 15.0 Å². The quantitative estimate of drug-likeness (QED) is 0.824. The van der Waals surface area contributed by atoms with Gasteiger partial charge >= 0.3 is 0 Å². The van der Waals surface area contributed by atoms with Crippen molar-refractivity contribution in [2.24, 2.45) is 0 Å². The van der Waals surface area contributed by atoms with Gasteiger partial charge in [0.25, 0.3) is 0 Å². The molecule has 2 amide bonds. The Morgan fingerprint density at radius 2 is 2.18 bits per heavy atom. The van der Waals surface area contributed by atoms with Crippen LogP contribution in [0, 0.1) is 0 Å².